The molecular formula is C55H61ClN12O11. The molecule has 7 N–H and O–H groups in total. The van der Waals surface area contributed by atoms with Crippen LogP contribution in [0.5, 0.6) is 17.2 Å². The van der Waals surface area contributed by atoms with Crippen LogP contribution in [-0.2, 0) is 51.2 Å². The predicted octanol–water partition coefficient (Wildman–Crippen LogP) is 5.17. The number of amides is 2. The molecule has 7 aromatic rings. The normalized spacial score (nSPS) is 19.0. The maximum absolute atomic E-state index is 12.6. The number of nitrogens with zero attached hydrogens (tertiary/aromatic N) is 7. The summed E-state index contributed by atoms with van der Waals surface area (Å²) in [6.45, 7) is 10.6. The summed E-state index contributed by atoms with van der Waals surface area (Å²) in [7, 11) is 0. The number of ketones is 3. The molecule has 0 fully saturated rings. The topological polar surface area (TPSA) is 331 Å². The van der Waals surface area contributed by atoms with Crippen molar-refractivity contribution in [2.75, 3.05) is 0 Å². The second-order valence-corrected chi connectivity index (χ2v) is 19.2. The highest BCUT2D eigenvalue weighted by Gasteiger charge is 2.36. The summed E-state index contributed by atoms with van der Waals surface area (Å²) in [5, 5.41) is 26.8. The number of nitrogens with one attached hydrogen (secondary N) is 4. The van der Waals surface area contributed by atoms with Gasteiger partial charge in [-0.1, -0.05) is 60.7 Å². The van der Waals surface area contributed by atoms with Crippen LogP contribution >= 0.6 is 12.4 Å². The highest BCUT2D eigenvalue weighted by molar-refractivity contribution is 5.96. The molecule has 0 spiro atoms. The number of halogens is 1. The number of aromatic nitrogens is 9. The number of H-pyrrole nitrogens is 2. The number of hydrogen-bond donors (Lipinski definition) is 6. The fraction of sp³-hybridized carbons (Fsp3) is 0.327. The molecule has 0 bridgehead atoms. The SMILES string of the molecule is C[C@H]1Oc2cccnc2CC(=O)[C@H]1N.C[C@H]1Oc2cccnc2CC(=O)[C@H]1NC(=O)OC(C)(C)C.C[C@H]1Oc2cccnc2CC(=O)[C@H]1NC(=O)c1n[nH]c(Cc2ccccc2)n1.Cl.O=C(O)c1n[nH]c(Cc2ccccc2)n1. The van der Waals surface area contributed by atoms with E-state index in [2.05, 4.69) is 55.9 Å². The van der Waals surface area contributed by atoms with Crippen LogP contribution in [0.1, 0.15) is 103 Å². The van der Waals surface area contributed by atoms with Crippen LogP contribution in [0.3, 0.4) is 0 Å². The number of aromatic amines is 2. The Bertz CT molecular complexity index is 3210. The lowest BCUT2D eigenvalue weighted by atomic mass is 10.0. The Kier molecular flexibility index (Phi) is 20.5. The molecule has 3 aliphatic heterocycles. The number of carbonyl (C=O) groups excluding carboxylic acids is 5. The fourth-order valence-corrected chi connectivity index (χ4v) is 7.98. The minimum absolute atomic E-state index is 0. The van der Waals surface area contributed by atoms with Gasteiger partial charge in [0.25, 0.3) is 11.7 Å². The first-order chi connectivity index (χ1) is 37.3. The molecule has 0 saturated carbocycles. The summed E-state index contributed by atoms with van der Waals surface area (Å²) < 4.78 is 22.2. The number of ether oxygens (including phenoxy) is 4. The van der Waals surface area contributed by atoms with Gasteiger partial charge >= 0.3 is 12.1 Å². The first kappa shape index (κ1) is 59.3. The van der Waals surface area contributed by atoms with Crippen molar-refractivity contribution in [3.63, 3.8) is 0 Å². The van der Waals surface area contributed by atoms with Gasteiger partial charge in [0.1, 0.15) is 70.9 Å². The lowest BCUT2D eigenvalue weighted by Crippen LogP contribution is -2.50. The van der Waals surface area contributed by atoms with Crippen LogP contribution in [-0.4, -0.2) is 128 Å². The number of nitrogens with two attached hydrogens (primary N) is 1. The van der Waals surface area contributed by atoms with Crippen molar-refractivity contribution in [3.8, 4) is 17.2 Å². The standard InChI is InChI=1S/C20H19N5O3.C15H20N2O4.C10H9N3O2.C10H12N2O2.ClH/c1-12-18(15(26)11-14-16(28-12)8-5-9-21-14)23-20(27)19-22-17(24-25-19)10-13-6-3-2-4-7-13;1-9-13(17-14(19)21-15(2,3)4)11(18)8-10-12(20-9)6-5-7-16-10;14-10(15)9-11-8(12-13-9)6-7-4-2-1-3-5-7;1-6-10(11)8(13)5-7-9(14-6)3-2-4-12-7;/h2-9,12,18H,10-11H2,1H3,(H,23,27)(H,22,24,25);5-7,9,13H,8H2,1-4H3,(H,17,19);1-5H,6H2,(H,14,15)(H,11,12,13);2-4,6,10H,5,11H2,1H3;1H/t12-,18+;9-,13+;;6-,10+;/m11.1./s1. The van der Waals surface area contributed by atoms with E-state index in [1.807, 2.05) is 66.7 Å². The summed E-state index contributed by atoms with van der Waals surface area (Å²) in [4.78, 5) is 91.9. The molecule has 5 aromatic heterocycles. The number of carboxylic acids is 1. The Morgan fingerprint density at radius 1 is 0.608 bits per heavy atom. The first-order valence-electron chi connectivity index (χ1n) is 24.9. The van der Waals surface area contributed by atoms with E-state index in [0.717, 1.165) is 11.1 Å². The number of rotatable bonds is 8. The summed E-state index contributed by atoms with van der Waals surface area (Å²) in [5.41, 5.74) is 9.03. The molecule has 2 aromatic carbocycles. The molecule has 2 amide bonds. The molecule has 8 heterocycles. The van der Waals surface area contributed by atoms with Crippen molar-refractivity contribution in [1.29, 1.82) is 0 Å². The predicted molar refractivity (Wildman–Crippen MR) is 287 cm³/mol. The number of pyridine rings is 3. The number of hydrogen-bond acceptors (Lipinski definition) is 18. The van der Waals surface area contributed by atoms with Crippen LogP contribution in [0, 0.1) is 0 Å². The van der Waals surface area contributed by atoms with Crippen LogP contribution in [0.4, 0.5) is 4.79 Å². The van der Waals surface area contributed by atoms with Crippen molar-refractivity contribution in [1.82, 2.24) is 55.9 Å². The van der Waals surface area contributed by atoms with Crippen molar-refractivity contribution >= 4 is 47.7 Å². The van der Waals surface area contributed by atoms with E-state index in [-0.39, 0.29) is 66.8 Å². The van der Waals surface area contributed by atoms with Crippen molar-refractivity contribution in [2.24, 2.45) is 5.73 Å². The number of alkyl carbamates (subject to hydrolysis) is 1. The molecular weight excluding hydrogens is 1040 g/mol. The smallest absolute Gasteiger partial charge is 0.408 e. The molecule has 10 rings (SSSR count). The van der Waals surface area contributed by atoms with Gasteiger partial charge in [-0.15, -0.1) is 22.6 Å². The van der Waals surface area contributed by atoms with Gasteiger partial charge in [0, 0.05) is 31.4 Å². The lowest BCUT2D eigenvalue weighted by Gasteiger charge is -2.25. The van der Waals surface area contributed by atoms with Gasteiger partial charge in [0.15, 0.2) is 17.3 Å². The Hall–Kier alpha value is -8.96. The fourth-order valence-electron chi connectivity index (χ4n) is 7.98. The van der Waals surface area contributed by atoms with Crippen molar-refractivity contribution < 1.29 is 52.8 Å². The average molecular weight is 1100 g/mol. The zero-order chi connectivity index (χ0) is 55.9. The highest BCUT2D eigenvalue weighted by atomic mass is 35.5. The lowest BCUT2D eigenvalue weighted by molar-refractivity contribution is -0.122. The molecule has 3 aliphatic rings. The van der Waals surface area contributed by atoms with Gasteiger partial charge in [0.2, 0.25) is 5.82 Å². The average Bonchev–Trinajstić information content (AvgIpc) is 4.07. The molecule has 24 heteroatoms. The third-order valence-electron chi connectivity index (χ3n) is 11.9. The minimum atomic E-state index is -1.12. The maximum atomic E-state index is 12.6. The highest BCUT2D eigenvalue weighted by Crippen LogP contribution is 2.26. The number of aromatic carboxylic acids is 1. The Morgan fingerprint density at radius 2 is 1.01 bits per heavy atom. The number of fused-ring (bicyclic) bond motifs is 3. The second kappa shape index (κ2) is 27.4. The molecule has 79 heavy (non-hydrogen) atoms. The molecule has 23 nitrogen and oxygen atoms in total. The summed E-state index contributed by atoms with van der Waals surface area (Å²) in [5.74, 6) is 0.749. The maximum Gasteiger partial charge on any atom is 0.408 e. The summed E-state index contributed by atoms with van der Waals surface area (Å²) in [6, 6.07) is 27.9. The Balaban J connectivity index is 0.000000176. The minimum Gasteiger partial charge on any atom is -0.487 e. The largest absolute Gasteiger partial charge is 0.487 e. The number of Topliss-reactive ketones (excluding diaryl/α,β-unsaturated/α-hetero) is 3. The first-order valence-corrected chi connectivity index (χ1v) is 24.9. The van der Waals surface area contributed by atoms with Gasteiger partial charge in [-0.05, 0) is 89.1 Å². The zero-order valence-corrected chi connectivity index (χ0v) is 44.9. The van der Waals surface area contributed by atoms with E-state index in [9.17, 15) is 28.8 Å². The van der Waals surface area contributed by atoms with E-state index in [1.165, 1.54) is 0 Å². The van der Waals surface area contributed by atoms with Gasteiger partial charge in [-0.3, -0.25) is 44.3 Å². The van der Waals surface area contributed by atoms with E-state index in [1.54, 1.807) is 90.5 Å². The number of carbonyl (C=O) groups is 6. The van der Waals surface area contributed by atoms with Gasteiger partial charge in [-0.25, -0.2) is 19.6 Å². The van der Waals surface area contributed by atoms with E-state index in [4.69, 9.17) is 29.8 Å². The van der Waals surface area contributed by atoms with Crippen LogP contribution in [0.15, 0.2) is 116 Å². The Labute approximate surface area is 460 Å². The number of carboxylic acid groups (broad SMARTS) is 1. The molecule has 0 radical (unpaired) electrons. The quantitative estimate of drug-likeness (QED) is 0.114. The molecule has 6 atom stereocenters. The van der Waals surface area contributed by atoms with E-state index < -0.39 is 53.9 Å². The third kappa shape index (κ3) is 17.0. The summed E-state index contributed by atoms with van der Waals surface area (Å²) in [6.07, 6.45) is 4.51. The van der Waals surface area contributed by atoms with Gasteiger partial charge in [-0.2, -0.15) is 0 Å². The van der Waals surface area contributed by atoms with Gasteiger partial charge < -0.3 is 40.4 Å². The zero-order valence-electron chi connectivity index (χ0n) is 44.1. The van der Waals surface area contributed by atoms with E-state index >= 15 is 0 Å². The summed E-state index contributed by atoms with van der Waals surface area (Å²) >= 11 is 0. The van der Waals surface area contributed by atoms with Crippen LogP contribution < -0.4 is 30.6 Å². The molecule has 0 saturated heterocycles. The third-order valence-corrected chi connectivity index (χ3v) is 11.9. The Morgan fingerprint density at radius 3 is 1.44 bits per heavy atom. The van der Waals surface area contributed by atoms with Crippen molar-refractivity contribution in [2.45, 2.75) is 116 Å². The molecule has 0 aliphatic carbocycles. The van der Waals surface area contributed by atoms with Gasteiger partial charge in [0.05, 0.1) is 36.3 Å². The van der Waals surface area contributed by atoms with E-state index in [0.29, 0.717) is 58.8 Å². The molecule has 0 unspecified atom stereocenters. The molecule has 414 valence electrons. The van der Waals surface area contributed by atoms with Crippen LogP contribution in [0.25, 0.3) is 0 Å². The second-order valence-electron chi connectivity index (χ2n) is 19.2. The van der Waals surface area contributed by atoms with Crippen LogP contribution in [0.2, 0.25) is 0 Å². The van der Waals surface area contributed by atoms with Crippen molar-refractivity contribution in [3.05, 3.63) is 167 Å². The number of benzene rings is 2. The monoisotopic (exact) mass is 1100 g/mol.